The highest BCUT2D eigenvalue weighted by molar-refractivity contribution is 8.00. The smallest absolute Gasteiger partial charge is 0.272 e. The zero-order valence-corrected chi connectivity index (χ0v) is 21.9. The summed E-state index contributed by atoms with van der Waals surface area (Å²) in [5.74, 6) is 0.281. The van der Waals surface area contributed by atoms with Gasteiger partial charge in [0.25, 0.3) is 11.8 Å². The van der Waals surface area contributed by atoms with Gasteiger partial charge >= 0.3 is 0 Å². The first kappa shape index (κ1) is 26.5. The van der Waals surface area contributed by atoms with Gasteiger partial charge in [0.1, 0.15) is 5.70 Å². The zero-order chi connectivity index (χ0) is 27.7. The molecule has 0 atom stereocenters. The van der Waals surface area contributed by atoms with Crippen molar-refractivity contribution in [2.45, 2.75) is 4.90 Å². The third-order valence-corrected chi connectivity index (χ3v) is 6.64. The lowest BCUT2D eigenvalue weighted by Crippen LogP contribution is -2.30. The predicted octanol–water partition coefficient (Wildman–Crippen LogP) is 4.95. The second-order valence-electron chi connectivity index (χ2n) is 8.55. The monoisotopic (exact) mass is 552 g/mol. The number of benzene rings is 3. The summed E-state index contributed by atoms with van der Waals surface area (Å²) in [6.07, 6.45) is 4.77. The van der Waals surface area contributed by atoms with Crippen molar-refractivity contribution in [3.63, 3.8) is 0 Å². The minimum absolute atomic E-state index is 0.0583. The summed E-state index contributed by atoms with van der Waals surface area (Å²) in [4.78, 5) is 43.4. The van der Waals surface area contributed by atoms with Gasteiger partial charge in [0.2, 0.25) is 12.7 Å². The molecule has 5 rings (SSSR count). The Bertz CT molecular complexity index is 1560. The van der Waals surface area contributed by atoms with E-state index in [1.807, 2.05) is 12.1 Å². The van der Waals surface area contributed by atoms with Crippen molar-refractivity contribution < 1.29 is 23.9 Å². The van der Waals surface area contributed by atoms with Gasteiger partial charge in [-0.3, -0.25) is 19.4 Å². The summed E-state index contributed by atoms with van der Waals surface area (Å²) >= 11 is 1.32. The lowest BCUT2D eigenvalue weighted by molar-refractivity contribution is -0.114. The average Bonchev–Trinajstić information content (AvgIpc) is 3.45. The number of nitrogens with zero attached hydrogens (tertiary/aromatic N) is 1. The van der Waals surface area contributed by atoms with Crippen molar-refractivity contribution in [1.82, 2.24) is 10.3 Å². The molecule has 200 valence electrons. The molecule has 0 spiro atoms. The Morgan fingerprint density at radius 1 is 0.850 bits per heavy atom. The van der Waals surface area contributed by atoms with E-state index in [9.17, 15) is 14.4 Å². The number of ether oxygens (including phenoxy) is 2. The fourth-order valence-corrected chi connectivity index (χ4v) is 4.51. The van der Waals surface area contributed by atoms with Gasteiger partial charge in [0.05, 0.1) is 5.75 Å². The third kappa shape index (κ3) is 7.06. The minimum Gasteiger partial charge on any atom is -0.454 e. The predicted molar refractivity (Wildman–Crippen MR) is 153 cm³/mol. The van der Waals surface area contributed by atoms with Gasteiger partial charge in [-0.15, -0.1) is 11.8 Å². The van der Waals surface area contributed by atoms with Crippen LogP contribution in [0.1, 0.15) is 15.9 Å². The maximum atomic E-state index is 13.2. The summed E-state index contributed by atoms with van der Waals surface area (Å²) in [7, 11) is 0. The van der Waals surface area contributed by atoms with E-state index in [0.29, 0.717) is 34.0 Å². The normalized spacial score (nSPS) is 11.9. The van der Waals surface area contributed by atoms with Crippen LogP contribution in [0, 0.1) is 0 Å². The Morgan fingerprint density at radius 3 is 2.50 bits per heavy atom. The highest BCUT2D eigenvalue weighted by atomic mass is 32.2. The van der Waals surface area contributed by atoms with Crippen LogP contribution in [0.25, 0.3) is 6.08 Å². The molecule has 3 N–H and O–H groups in total. The first-order chi connectivity index (χ1) is 19.5. The number of hydrogen-bond donors (Lipinski definition) is 3. The van der Waals surface area contributed by atoms with Crippen molar-refractivity contribution in [3.8, 4) is 11.5 Å². The van der Waals surface area contributed by atoms with E-state index in [0.717, 1.165) is 4.90 Å². The number of fused-ring (bicyclic) bond motifs is 1. The van der Waals surface area contributed by atoms with Gasteiger partial charge in [-0.05, 0) is 60.2 Å². The molecule has 0 aliphatic carbocycles. The van der Waals surface area contributed by atoms with Crippen LogP contribution < -0.4 is 25.4 Å². The van der Waals surface area contributed by atoms with Gasteiger partial charge in [0.15, 0.2) is 11.5 Å². The van der Waals surface area contributed by atoms with E-state index < -0.39 is 11.8 Å². The molecule has 0 saturated carbocycles. The molecule has 3 aromatic carbocycles. The second kappa shape index (κ2) is 12.6. The van der Waals surface area contributed by atoms with Crippen LogP contribution in [-0.4, -0.2) is 35.3 Å². The maximum absolute atomic E-state index is 13.2. The fourth-order valence-electron chi connectivity index (χ4n) is 3.75. The van der Waals surface area contributed by atoms with Gasteiger partial charge in [-0.1, -0.05) is 30.3 Å². The molecule has 0 unspecified atom stereocenters. The van der Waals surface area contributed by atoms with Crippen LogP contribution >= 0.6 is 11.8 Å². The fraction of sp³-hybridized carbons (Fsp3) is 0.0667. The highest BCUT2D eigenvalue weighted by Crippen LogP contribution is 2.34. The molecule has 0 bridgehead atoms. The molecule has 1 aliphatic rings. The summed E-state index contributed by atoms with van der Waals surface area (Å²) in [6.45, 7) is 0.162. The number of hydrogen-bond acceptors (Lipinski definition) is 7. The van der Waals surface area contributed by atoms with Crippen molar-refractivity contribution >= 4 is 46.9 Å². The molecule has 9 nitrogen and oxygen atoms in total. The number of carbonyl (C=O) groups is 3. The minimum atomic E-state index is -0.504. The number of carbonyl (C=O) groups excluding carboxylic acids is 3. The molecule has 3 amide bonds. The van der Waals surface area contributed by atoms with E-state index >= 15 is 0 Å². The number of anilines is 2. The van der Waals surface area contributed by atoms with E-state index in [-0.39, 0.29) is 24.2 Å². The molecular weight excluding hydrogens is 528 g/mol. The third-order valence-electron chi connectivity index (χ3n) is 5.64. The summed E-state index contributed by atoms with van der Waals surface area (Å²) < 4.78 is 10.6. The number of thioether (sulfide) groups is 1. The van der Waals surface area contributed by atoms with Crippen LogP contribution in [0.2, 0.25) is 0 Å². The van der Waals surface area contributed by atoms with Crippen LogP contribution in [0.15, 0.2) is 108 Å². The summed E-state index contributed by atoms with van der Waals surface area (Å²) in [5.41, 5.74) is 2.25. The molecule has 2 heterocycles. The van der Waals surface area contributed by atoms with E-state index in [1.165, 1.54) is 11.8 Å². The van der Waals surface area contributed by atoms with Crippen molar-refractivity contribution in [2.24, 2.45) is 0 Å². The van der Waals surface area contributed by atoms with Crippen LogP contribution in [0.5, 0.6) is 11.5 Å². The van der Waals surface area contributed by atoms with Gasteiger partial charge < -0.3 is 25.4 Å². The largest absolute Gasteiger partial charge is 0.454 e. The molecule has 1 aliphatic heterocycles. The molecular formula is C30H24N4O5S. The summed E-state index contributed by atoms with van der Waals surface area (Å²) in [6, 6.07) is 24.5. The van der Waals surface area contributed by atoms with Crippen LogP contribution in [0.4, 0.5) is 11.4 Å². The number of rotatable bonds is 9. The lowest BCUT2D eigenvalue weighted by Gasteiger charge is -2.12. The lowest BCUT2D eigenvalue weighted by atomic mass is 10.2. The summed E-state index contributed by atoms with van der Waals surface area (Å²) in [5, 5.41) is 8.37. The van der Waals surface area contributed by atoms with E-state index in [2.05, 4.69) is 20.9 Å². The maximum Gasteiger partial charge on any atom is 0.272 e. The molecule has 40 heavy (non-hydrogen) atoms. The Balaban J connectivity index is 1.23. The van der Waals surface area contributed by atoms with Crippen LogP contribution in [0.3, 0.4) is 0 Å². The first-order valence-electron chi connectivity index (χ1n) is 12.3. The van der Waals surface area contributed by atoms with Crippen molar-refractivity contribution in [1.29, 1.82) is 0 Å². The number of pyridine rings is 1. The molecule has 0 radical (unpaired) electrons. The Hall–Kier alpha value is -5.09. The van der Waals surface area contributed by atoms with Gasteiger partial charge in [-0.25, -0.2) is 0 Å². The molecule has 10 heteroatoms. The Morgan fingerprint density at radius 2 is 1.68 bits per heavy atom. The van der Waals surface area contributed by atoms with Gasteiger partial charge in [0, 0.05) is 40.3 Å². The highest BCUT2D eigenvalue weighted by Gasteiger charge is 2.16. The molecule has 4 aromatic rings. The number of amides is 3. The molecule has 1 aromatic heterocycles. The quantitative estimate of drug-likeness (QED) is 0.199. The number of aromatic nitrogens is 1. The number of nitrogens with one attached hydrogen (secondary N) is 3. The topological polar surface area (TPSA) is 119 Å². The second-order valence-corrected chi connectivity index (χ2v) is 9.60. The SMILES string of the molecule is O=C(CSc1cccc(NC(=O)/C(=C/c2cccnc2)NC(=O)c2ccccc2)c1)Nc1ccc2c(c1)OCO2. The van der Waals surface area contributed by atoms with Crippen molar-refractivity contribution in [3.05, 3.63) is 114 Å². The van der Waals surface area contributed by atoms with Crippen LogP contribution in [-0.2, 0) is 9.59 Å². The standard InChI is InChI=1S/C30H24N4O5S/c35-28(32-23-11-12-26-27(16-23)39-19-38-26)18-40-24-10-4-9-22(15-24)33-30(37)25(14-20-6-5-13-31-17-20)34-29(36)21-7-2-1-3-8-21/h1-17H,18-19H2,(H,32,35)(H,33,37)(H,34,36)/b25-14-. The Kier molecular flexibility index (Phi) is 8.38. The molecule has 0 fully saturated rings. The van der Waals surface area contributed by atoms with Crippen molar-refractivity contribution in [2.75, 3.05) is 23.2 Å². The average molecular weight is 553 g/mol. The van der Waals surface area contributed by atoms with E-state index in [4.69, 9.17) is 9.47 Å². The zero-order valence-electron chi connectivity index (χ0n) is 21.1. The molecule has 0 saturated heterocycles. The van der Waals surface area contributed by atoms with Gasteiger partial charge in [-0.2, -0.15) is 0 Å². The van der Waals surface area contributed by atoms with E-state index in [1.54, 1.807) is 91.3 Å². The first-order valence-corrected chi connectivity index (χ1v) is 13.2. The Labute approximate surface area is 234 Å².